The van der Waals surface area contributed by atoms with Crippen LogP contribution in [0.3, 0.4) is 0 Å². The Morgan fingerprint density at radius 2 is 1.95 bits per heavy atom. The molecule has 0 saturated carbocycles. The lowest BCUT2D eigenvalue weighted by molar-refractivity contribution is -0.133. The number of rotatable bonds is 7. The van der Waals surface area contributed by atoms with Gasteiger partial charge in [0.1, 0.15) is 12.1 Å². The van der Waals surface area contributed by atoms with Crippen LogP contribution in [-0.2, 0) is 20.7 Å². The summed E-state index contributed by atoms with van der Waals surface area (Å²) in [5.74, 6) is -0.736. The van der Waals surface area contributed by atoms with Gasteiger partial charge in [-0.25, -0.2) is 0 Å². The van der Waals surface area contributed by atoms with Crippen molar-refractivity contribution in [2.45, 2.75) is 63.8 Å². The molecule has 1 saturated heterocycles. The van der Waals surface area contributed by atoms with E-state index in [0.717, 1.165) is 53.6 Å². The largest absolute Gasteiger partial charge is 0.376 e. The predicted octanol–water partition coefficient (Wildman–Crippen LogP) is 3.46. The average molecular weight is 515 g/mol. The fourth-order valence-electron chi connectivity index (χ4n) is 6.22. The number of para-hydroxylation sites is 1. The zero-order valence-corrected chi connectivity index (χ0v) is 21.8. The second kappa shape index (κ2) is 9.91. The normalized spacial score (nSPS) is 23.5. The highest BCUT2D eigenvalue weighted by atomic mass is 16.5. The van der Waals surface area contributed by atoms with Crippen molar-refractivity contribution in [1.82, 2.24) is 20.5 Å². The first kappa shape index (κ1) is 24.7. The number of fused-ring (bicyclic) bond motifs is 7. The maximum Gasteiger partial charge on any atom is 0.255 e. The van der Waals surface area contributed by atoms with E-state index in [1.54, 1.807) is 4.90 Å². The van der Waals surface area contributed by atoms with Crippen LogP contribution >= 0.6 is 0 Å². The molecular weight excluding hydrogens is 480 g/mol. The fraction of sp³-hybridized carbons (Fsp3) is 0.433. The molecule has 1 aromatic heterocycles. The number of nitrogens with zero attached hydrogens (tertiary/aromatic N) is 1. The van der Waals surface area contributed by atoms with Gasteiger partial charge in [-0.1, -0.05) is 56.7 Å². The number of aromatic amines is 1. The third-order valence-corrected chi connectivity index (χ3v) is 8.48. The Balaban J connectivity index is 1.32. The van der Waals surface area contributed by atoms with E-state index < -0.39 is 12.1 Å². The van der Waals surface area contributed by atoms with E-state index in [2.05, 4.69) is 21.7 Å². The number of carbonyl (C=O) groups excluding carboxylic acids is 3. The highest BCUT2D eigenvalue weighted by Gasteiger charge is 2.49. The van der Waals surface area contributed by atoms with Crippen molar-refractivity contribution in [1.29, 1.82) is 0 Å². The number of aromatic nitrogens is 1. The van der Waals surface area contributed by atoms with Crippen LogP contribution in [0.25, 0.3) is 10.9 Å². The van der Waals surface area contributed by atoms with Gasteiger partial charge in [-0.2, -0.15) is 0 Å². The van der Waals surface area contributed by atoms with Gasteiger partial charge in [0, 0.05) is 41.7 Å². The minimum absolute atomic E-state index is 0.0207. The maximum absolute atomic E-state index is 14.0. The highest BCUT2D eigenvalue weighted by molar-refractivity contribution is 6.04. The third kappa shape index (κ3) is 4.07. The Labute approximate surface area is 222 Å². The van der Waals surface area contributed by atoms with E-state index in [4.69, 9.17) is 4.74 Å². The Morgan fingerprint density at radius 1 is 1.16 bits per heavy atom. The lowest BCUT2D eigenvalue weighted by atomic mass is 9.89. The molecule has 8 nitrogen and oxygen atoms in total. The van der Waals surface area contributed by atoms with Crippen LogP contribution in [0, 0.1) is 5.92 Å². The van der Waals surface area contributed by atoms with Crippen molar-refractivity contribution < 1.29 is 19.1 Å². The predicted molar refractivity (Wildman–Crippen MR) is 144 cm³/mol. The first-order valence-corrected chi connectivity index (χ1v) is 13.7. The van der Waals surface area contributed by atoms with Gasteiger partial charge in [-0.15, -0.1) is 0 Å². The summed E-state index contributed by atoms with van der Waals surface area (Å²) in [4.78, 5) is 46.1. The summed E-state index contributed by atoms with van der Waals surface area (Å²) in [5, 5.41) is 7.10. The van der Waals surface area contributed by atoms with Crippen molar-refractivity contribution in [2.75, 3.05) is 13.2 Å². The lowest BCUT2D eigenvalue weighted by Crippen LogP contribution is -2.58. The van der Waals surface area contributed by atoms with E-state index >= 15 is 0 Å². The van der Waals surface area contributed by atoms with Gasteiger partial charge < -0.3 is 25.3 Å². The molecule has 0 radical (unpaired) electrons. The van der Waals surface area contributed by atoms with Crippen LogP contribution in [0.5, 0.6) is 0 Å². The van der Waals surface area contributed by atoms with Crippen LogP contribution < -0.4 is 10.6 Å². The molecule has 8 heteroatoms. The Bertz CT molecular complexity index is 1390. The molecule has 0 bridgehead atoms. The highest BCUT2D eigenvalue weighted by Crippen LogP contribution is 2.46. The van der Waals surface area contributed by atoms with Crippen LogP contribution in [0.1, 0.15) is 66.3 Å². The van der Waals surface area contributed by atoms with E-state index in [1.165, 1.54) is 0 Å². The number of amides is 3. The first-order valence-electron chi connectivity index (χ1n) is 13.7. The molecule has 3 N–H and O–H groups in total. The van der Waals surface area contributed by atoms with Gasteiger partial charge in [-0.05, 0) is 42.0 Å². The van der Waals surface area contributed by atoms with E-state index in [0.29, 0.717) is 18.5 Å². The number of ether oxygens (including phenoxy) is 1. The number of hydrogen-bond donors (Lipinski definition) is 3. The zero-order valence-electron chi connectivity index (χ0n) is 21.8. The number of benzene rings is 2. The molecule has 4 heterocycles. The Hall–Kier alpha value is -3.65. The van der Waals surface area contributed by atoms with Gasteiger partial charge in [0.05, 0.1) is 12.1 Å². The molecule has 38 heavy (non-hydrogen) atoms. The molecule has 3 amide bonds. The molecule has 198 valence electrons. The van der Waals surface area contributed by atoms with Gasteiger partial charge in [-0.3, -0.25) is 14.4 Å². The molecule has 3 aliphatic heterocycles. The first-order chi connectivity index (χ1) is 18.5. The molecule has 0 aliphatic carbocycles. The summed E-state index contributed by atoms with van der Waals surface area (Å²) in [6.45, 7) is 5.13. The Morgan fingerprint density at radius 3 is 2.74 bits per heavy atom. The molecule has 0 unspecified atom stereocenters. The summed E-state index contributed by atoms with van der Waals surface area (Å²) < 4.78 is 5.65. The minimum atomic E-state index is -0.732. The van der Waals surface area contributed by atoms with Gasteiger partial charge in [0.15, 0.2) is 0 Å². The number of nitrogens with one attached hydrogen (secondary N) is 3. The molecule has 0 spiro atoms. The summed E-state index contributed by atoms with van der Waals surface area (Å²) in [6.07, 6.45) is 3.05. The van der Waals surface area contributed by atoms with E-state index in [1.807, 2.05) is 56.3 Å². The second-order valence-corrected chi connectivity index (χ2v) is 10.7. The van der Waals surface area contributed by atoms with Gasteiger partial charge >= 0.3 is 0 Å². The average Bonchev–Trinajstić information content (AvgIpc) is 3.66. The molecule has 5 atom stereocenters. The molecule has 6 rings (SSSR count). The minimum Gasteiger partial charge on any atom is -0.376 e. The Kier molecular flexibility index (Phi) is 6.43. The smallest absolute Gasteiger partial charge is 0.255 e. The van der Waals surface area contributed by atoms with E-state index in [9.17, 15) is 14.4 Å². The fourth-order valence-corrected chi connectivity index (χ4v) is 6.22. The van der Waals surface area contributed by atoms with Crippen molar-refractivity contribution in [3.05, 3.63) is 70.9 Å². The van der Waals surface area contributed by atoms with Crippen molar-refractivity contribution in [2.24, 2.45) is 5.92 Å². The van der Waals surface area contributed by atoms with Gasteiger partial charge in [0.25, 0.3) is 5.91 Å². The van der Waals surface area contributed by atoms with Crippen molar-refractivity contribution in [3.8, 4) is 0 Å². The lowest BCUT2D eigenvalue weighted by Gasteiger charge is -2.38. The second-order valence-electron chi connectivity index (χ2n) is 10.7. The van der Waals surface area contributed by atoms with Crippen LogP contribution in [-0.4, -0.2) is 58.9 Å². The molecule has 3 aromatic rings. The van der Waals surface area contributed by atoms with Crippen LogP contribution in [0.2, 0.25) is 0 Å². The zero-order chi connectivity index (χ0) is 26.4. The van der Waals surface area contributed by atoms with E-state index in [-0.39, 0.29) is 35.8 Å². The number of H-pyrrole nitrogens is 1. The molecule has 3 aliphatic rings. The standard InChI is InChI=1S/C30H34N4O4/c1-3-17(2)25(29(36)31-16-18-9-8-14-38-18)33-28(35)24-15-22-19-10-6-7-13-23(19)32-26(22)27-20-11-4-5-12-21(20)30(37)34(24)27/h4-7,10-13,17-18,24-25,27,32H,3,8-9,14-16H2,1-2H3,(H,31,36)(H,33,35)/t17-,18-,24+,25+,27-/m1/s1. The summed E-state index contributed by atoms with van der Waals surface area (Å²) in [5.41, 5.74) is 4.52. The number of carbonyl (C=O) groups is 3. The summed E-state index contributed by atoms with van der Waals surface area (Å²) >= 11 is 0. The molecular formula is C30H34N4O4. The van der Waals surface area contributed by atoms with Crippen molar-refractivity contribution in [3.63, 3.8) is 0 Å². The SMILES string of the molecule is CC[C@@H](C)[C@H](NC(=O)[C@@H]1Cc2c([nH]c3ccccc23)[C@H]2c3ccccc3C(=O)N21)C(=O)NC[C@H]1CCCO1. The van der Waals surface area contributed by atoms with Crippen molar-refractivity contribution >= 4 is 28.6 Å². The monoisotopic (exact) mass is 514 g/mol. The summed E-state index contributed by atoms with van der Waals surface area (Å²) in [6, 6.07) is 13.8. The summed E-state index contributed by atoms with van der Waals surface area (Å²) in [7, 11) is 0. The maximum atomic E-state index is 14.0. The number of hydrogen-bond acceptors (Lipinski definition) is 4. The van der Waals surface area contributed by atoms with Gasteiger partial charge in [0.2, 0.25) is 11.8 Å². The third-order valence-electron chi connectivity index (χ3n) is 8.48. The quantitative estimate of drug-likeness (QED) is 0.449. The topological polar surface area (TPSA) is 104 Å². The molecule has 1 fully saturated rings. The van der Waals surface area contributed by atoms with Crippen LogP contribution in [0.15, 0.2) is 48.5 Å². The molecule has 2 aromatic carbocycles. The van der Waals surface area contributed by atoms with Crippen LogP contribution in [0.4, 0.5) is 0 Å².